The number of H-pyrrole nitrogens is 1. The largest absolute Gasteiger partial charge is 0.440 e. The summed E-state index contributed by atoms with van der Waals surface area (Å²) < 4.78 is 40.4. The van der Waals surface area contributed by atoms with Crippen LogP contribution in [0.2, 0.25) is 0 Å². The highest BCUT2D eigenvalue weighted by Crippen LogP contribution is 2.61. The molecule has 1 amide bonds. The Labute approximate surface area is 189 Å². The highest BCUT2D eigenvalue weighted by Gasteiger charge is 2.51. The number of nitrogens with zero attached hydrogens (tertiary/aromatic N) is 1. The number of hydrogen-bond donors (Lipinski definition) is 2. The predicted molar refractivity (Wildman–Crippen MR) is 114 cm³/mol. The monoisotopic (exact) mass is 463 g/mol. The number of imidazole rings is 1. The molecule has 1 aromatic heterocycles. The second kappa shape index (κ2) is 8.33. The second-order valence-electron chi connectivity index (χ2n) is 10.4. The fourth-order valence-corrected chi connectivity index (χ4v) is 6.87. The van der Waals surface area contributed by atoms with E-state index >= 15 is 0 Å². The summed E-state index contributed by atoms with van der Waals surface area (Å²) in [7, 11) is 0. The smallest absolute Gasteiger partial charge is 0.422 e. The van der Waals surface area contributed by atoms with E-state index in [9.17, 15) is 22.8 Å². The van der Waals surface area contributed by atoms with Gasteiger partial charge in [0.15, 0.2) is 6.61 Å². The lowest BCUT2D eigenvalue weighted by Gasteiger charge is -2.56. The SMILES string of the molecule is O=C(Cc1ccc2nc(CNC(=O)OCC(F)(F)F)[nH]c2c1)CC12CC3CC(CC(C3)C1)C2. The van der Waals surface area contributed by atoms with Crippen LogP contribution < -0.4 is 5.32 Å². The summed E-state index contributed by atoms with van der Waals surface area (Å²) in [6.45, 7) is -1.73. The molecule has 2 N–H and O–H groups in total. The highest BCUT2D eigenvalue weighted by molar-refractivity contribution is 5.83. The van der Waals surface area contributed by atoms with Crippen LogP contribution in [0.15, 0.2) is 18.2 Å². The molecule has 0 radical (unpaired) electrons. The van der Waals surface area contributed by atoms with Crippen LogP contribution >= 0.6 is 0 Å². The summed E-state index contributed by atoms with van der Waals surface area (Å²) in [5.74, 6) is 3.14. The Morgan fingerprint density at radius 3 is 2.42 bits per heavy atom. The van der Waals surface area contributed by atoms with Gasteiger partial charge in [-0.25, -0.2) is 9.78 Å². The summed E-state index contributed by atoms with van der Waals surface area (Å²) >= 11 is 0. The molecule has 6 rings (SSSR count). The third-order valence-corrected chi connectivity index (χ3v) is 7.50. The number of benzene rings is 1. The summed E-state index contributed by atoms with van der Waals surface area (Å²) in [5.41, 5.74) is 2.51. The van der Waals surface area contributed by atoms with E-state index in [0.29, 0.717) is 24.2 Å². The van der Waals surface area contributed by atoms with Gasteiger partial charge >= 0.3 is 12.3 Å². The van der Waals surface area contributed by atoms with Gasteiger partial charge in [0.25, 0.3) is 0 Å². The number of nitrogens with one attached hydrogen (secondary N) is 2. The van der Waals surface area contributed by atoms with E-state index in [1.807, 2.05) is 18.2 Å². The van der Waals surface area contributed by atoms with E-state index in [0.717, 1.165) is 28.8 Å². The molecule has 6 nitrogen and oxygen atoms in total. The molecule has 0 aliphatic heterocycles. The van der Waals surface area contributed by atoms with Gasteiger partial charge in [-0.2, -0.15) is 13.2 Å². The van der Waals surface area contributed by atoms with Crippen molar-refractivity contribution >= 4 is 22.9 Å². The molecule has 4 aliphatic carbocycles. The number of halogens is 3. The number of hydrogen-bond acceptors (Lipinski definition) is 4. The minimum absolute atomic E-state index is 0.0916. The van der Waals surface area contributed by atoms with Gasteiger partial charge in [0.05, 0.1) is 17.6 Å². The van der Waals surface area contributed by atoms with Gasteiger partial charge < -0.3 is 15.0 Å². The van der Waals surface area contributed by atoms with E-state index in [2.05, 4.69) is 20.0 Å². The molecule has 4 fully saturated rings. The van der Waals surface area contributed by atoms with E-state index in [-0.39, 0.29) is 17.7 Å². The van der Waals surface area contributed by atoms with Crippen LogP contribution in [0.3, 0.4) is 0 Å². The van der Waals surface area contributed by atoms with Crippen molar-refractivity contribution < 1.29 is 27.5 Å². The molecule has 1 heterocycles. The Morgan fingerprint density at radius 2 is 1.79 bits per heavy atom. The van der Waals surface area contributed by atoms with Crippen molar-refractivity contribution in [3.63, 3.8) is 0 Å². The molecule has 4 aliphatic rings. The van der Waals surface area contributed by atoms with Gasteiger partial charge in [0.1, 0.15) is 11.6 Å². The number of carbonyl (C=O) groups excluding carboxylic acids is 2. The van der Waals surface area contributed by atoms with Crippen LogP contribution in [-0.4, -0.2) is 34.6 Å². The van der Waals surface area contributed by atoms with Crippen molar-refractivity contribution in [3.05, 3.63) is 29.6 Å². The van der Waals surface area contributed by atoms with E-state index in [1.165, 1.54) is 38.5 Å². The summed E-state index contributed by atoms with van der Waals surface area (Å²) in [4.78, 5) is 31.8. The van der Waals surface area contributed by atoms with Crippen molar-refractivity contribution in [2.24, 2.45) is 23.2 Å². The Hall–Kier alpha value is -2.58. The van der Waals surface area contributed by atoms with E-state index < -0.39 is 18.9 Å². The van der Waals surface area contributed by atoms with Crippen molar-refractivity contribution in [2.75, 3.05) is 6.61 Å². The fraction of sp³-hybridized carbons (Fsp3) is 0.625. The first-order chi connectivity index (χ1) is 15.6. The van der Waals surface area contributed by atoms with Crippen LogP contribution in [0.25, 0.3) is 11.0 Å². The van der Waals surface area contributed by atoms with Crippen LogP contribution in [0.4, 0.5) is 18.0 Å². The first-order valence-electron chi connectivity index (χ1n) is 11.6. The molecule has 0 saturated heterocycles. The quantitative estimate of drug-likeness (QED) is 0.601. The third-order valence-electron chi connectivity index (χ3n) is 7.50. The van der Waals surface area contributed by atoms with Crippen molar-refractivity contribution in [2.45, 2.75) is 64.1 Å². The first-order valence-corrected chi connectivity index (χ1v) is 11.6. The van der Waals surface area contributed by atoms with Gasteiger partial charge in [0.2, 0.25) is 0 Å². The van der Waals surface area contributed by atoms with Gasteiger partial charge in [-0.3, -0.25) is 4.79 Å². The number of Topliss-reactive ketones (excluding diaryl/α,β-unsaturated/α-hetero) is 1. The highest BCUT2D eigenvalue weighted by atomic mass is 19.4. The number of alkyl halides is 3. The molecule has 0 spiro atoms. The molecule has 33 heavy (non-hydrogen) atoms. The lowest BCUT2D eigenvalue weighted by molar-refractivity contribution is -0.160. The summed E-state index contributed by atoms with van der Waals surface area (Å²) in [6, 6.07) is 5.57. The average Bonchev–Trinajstić information content (AvgIpc) is 3.11. The van der Waals surface area contributed by atoms with Crippen LogP contribution in [0.5, 0.6) is 0 Å². The number of carbonyl (C=O) groups is 2. The average molecular weight is 464 g/mol. The maximum Gasteiger partial charge on any atom is 0.422 e. The number of aromatic nitrogens is 2. The van der Waals surface area contributed by atoms with Gasteiger partial charge in [-0.05, 0) is 79.4 Å². The molecular weight excluding hydrogens is 435 g/mol. The Bertz CT molecular complexity index is 1030. The maximum atomic E-state index is 13.0. The zero-order valence-corrected chi connectivity index (χ0v) is 18.3. The zero-order valence-electron chi connectivity index (χ0n) is 18.3. The maximum absolute atomic E-state index is 13.0. The number of ether oxygens (including phenoxy) is 1. The standard InChI is InChI=1S/C24H28F3N3O3/c25-24(26,27)13-33-22(32)28-12-21-29-19-2-1-14(7-20(19)30-21)6-18(31)11-23-8-15-3-16(9-23)5-17(4-15)10-23/h1-2,7,15-17H,3-6,8-13H2,(H,28,32)(H,29,30). The minimum atomic E-state index is -4.57. The first kappa shape index (κ1) is 22.2. The fourth-order valence-electron chi connectivity index (χ4n) is 6.87. The third kappa shape index (κ3) is 5.17. The molecule has 2 aromatic rings. The van der Waals surface area contributed by atoms with Crippen molar-refractivity contribution in [3.8, 4) is 0 Å². The van der Waals surface area contributed by atoms with E-state index in [4.69, 9.17) is 0 Å². The topological polar surface area (TPSA) is 84.1 Å². The molecular formula is C24H28F3N3O3. The Balaban J connectivity index is 1.17. The summed E-state index contributed by atoms with van der Waals surface area (Å²) in [6.07, 6.45) is 3.05. The van der Waals surface area contributed by atoms with Gasteiger partial charge in [0, 0.05) is 12.8 Å². The van der Waals surface area contributed by atoms with Crippen LogP contribution in [0, 0.1) is 23.2 Å². The molecule has 0 unspecified atom stereocenters. The lowest BCUT2D eigenvalue weighted by atomic mass is 9.48. The Kier molecular flexibility index (Phi) is 5.61. The predicted octanol–water partition coefficient (Wildman–Crippen LogP) is 5.07. The molecule has 9 heteroatoms. The molecule has 4 saturated carbocycles. The molecule has 0 atom stereocenters. The lowest BCUT2D eigenvalue weighted by Crippen LogP contribution is -2.47. The number of ketones is 1. The van der Waals surface area contributed by atoms with Crippen molar-refractivity contribution in [1.82, 2.24) is 15.3 Å². The Morgan fingerprint density at radius 1 is 1.12 bits per heavy atom. The second-order valence-corrected chi connectivity index (χ2v) is 10.4. The van der Waals surface area contributed by atoms with Gasteiger partial charge in [-0.1, -0.05) is 6.07 Å². The van der Waals surface area contributed by atoms with E-state index in [1.54, 1.807) is 0 Å². The van der Waals surface area contributed by atoms with Gasteiger partial charge in [-0.15, -0.1) is 0 Å². The number of fused-ring (bicyclic) bond motifs is 1. The number of amides is 1. The summed E-state index contributed by atoms with van der Waals surface area (Å²) in [5, 5.41) is 2.24. The van der Waals surface area contributed by atoms with Crippen LogP contribution in [-0.2, 0) is 22.5 Å². The minimum Gasteiger partial charge on any atom is -0.440 e. The molecule has 4 bridgehead atoms. The van der Waals surface area contributed by atoms with Crippen molar-refractivity contribution in [1.29, 1.82) is 0 Å². The zero-order chi connectivity index (χ0) is 23.2. The van der Waals surface area contributed by atoms with Crippen LogP contribution in [0.1, 0.15) is 56.3 Å². The number of rotatable bonds is 7. The molecule has 178 valence electrons. The number of aromatic amines is 1. The molecule has 1 aromatic carbocycles. The number of alkyl carbamates (subject to hydrolysis) is 1. The normalized spacial score (nSPS) is 28.3.